The Morgan fingerprint density at radius 2 is 0.917 bits per heavy atom. The monoisotopic (exact) mass is 345 g/mol. The zero-order valence-electron chi connectivity index (χ0n) is 19.3. The lowest BCUT2D eigenvalue weighted by Gasteiger charge is -2.10. The SMILES string of the molecule is CC(C)CCCN(C)C.CC(C)CCN(C)C.CC(C)CN(C)C. The second-order valence-electron chi connectivity index (χ2n) is 8.98. The minimum absolute atomic E-state index is 0.801. The van der Waals surface area contributed by atoms with Crippen molar-refractivity contribution in [2.45, 2.75) is 60.8 Å². The molecule has 0 spiro atoms. The molecule has 0 aromatic heterocycles. The Bertz CT molecular complexity index is 199. The number of rotatable bonds is 9. The quantitative estimate of drug-likeness (QED) is 0.595. The lowest BCUT2D eigenvalue weighted by molar-refractivity contribution is 0.354. The van der Waals surface area contributed by atoms with Crippen molar-refractivity contribution < 1.29 is 0 Å². The van der Waals surface area contributed by atoms with Crippen LogP contribution in [0.4, 0.5) is 0 Å². The van der Waals surface area contributed by atoms with E-state index in [-0.39, 0.29) is 0 Å². The lowest BCUT2D eigenvalue weighted by atomic mass is 10.1. The molecule has 0 saturated carbocycles. The Morgan fingerprint density at radius 3 is 1.08 bits per heavy atom. The maximum absolute atomic E-state index is 2.27. The highest BCUT2D eigenvalue weighted by Gasteiger charge is 1.94. The molecule has 150 valence electrons. The standard InChI is InChI=1S/C8H19N.C7H17N.C6H15N/c1-8(2)6-5-7-9(3)4;1-7(2)5-6-8(3)4;1-6(2)5-7(3)4/h8H,5-7H2,1-4H3;7H,5-6H2,1-4H3;6H,5H2,1-4H3. The summed E-state index contributed by atoms with van der Waals surface area (Å²) < 4.78 is 0. The summed E-state index contributed by atoms with van der Waals surface area (Å²) in [5.41, 5.74) is 0. The third-order valence-corrected chi connectivity index (χ3v) is 3.27. The summed E-state index contributed by atoms with van der Waals surface area (Å²) in [6, 6.07) is 0. The highest BCUT2D eigenvalue weighted by Crippen LogP contribution is 2.02. The molecule has 0 atom stereocenters. The summed E-state index contributed by atoms with van der Waals surface area (Å²) in [6.45, 7) is 17.1. The third-order valence-electron chi connectivity index (χ3n) is 3.27. The van der Waals surface area contributed by atoms with Crippen molar-refractivity contribution in [2.75, 3.05) is 61.9 Å². The highest BCUT2D eigenvalue weighted by atomic mass is 15.1. The van der Waals surface area contributed by atoms with E-state index in [1.165, 1.54) is 38.9 Å². The van der Waals surface area contributed by atoms with E-state index in [1.54, 1.807) is 0 Å². The molecule has 0 amide bonds. The summed E-state index contributed by atoms with van der Waals surface area (Å²) in [6.07, 6.45) is 4.01. The van der Waals surface area contributed by atoms with E-state index < -0.39 is 0 Å². The van der Waals surface area contributed by atoms with Crippen LogP contribution in [0.15, 0.2) is 0 Å². The Hall–Kier alpha value is -0.120. The fourth-order valence-electron chi connectivity index (χ4n) is 2.06. The van der Waals surface area contributed by atoms with Crippen LogP contribution in [0.5, 0.6) is 0 Å². The van der Waals surface area contributed by atoms with Gasteiger partial charge in [-0.2, -0.15) is 0 Å². The lowest BCUT2D eigenvalue weighted by Crippen LogP contribution is -2.17. The predicted octanol–water partition coefficient (Wildman–Crippen LogP) is 4.78. The Kier molecular flexibility index (Phi) is 22.9. The van der Waals surface area contributed by atoms with Crippen LogP contribution in [-0.2, 0) is 0 Å². The summed E-state index contributed by atoms with van der Waals surface area (Å²) in [4.78, 5) is 6.66. The van der Waals surface area contributed by atoms with Crippen LogP contribution in [0.1, 0.15) is 60.8 Å². The molecule has 0 rings (SSSR count). The van der Waals surface area contributed by atoms with Crippen molar-refractivity contribution in [2.24, 2.45) is 17.8 Å². The Balaban J connectivity index is -0.000000278. The van der Waals surface area contributed by atoms with Crippen molar-refractivity contribution in [1.82, 2.24) is 14.7 Å². The van der Waals surface area contributed by atoms with E-state index in [0.29, 0.717) is 0 Å². The molecule has 0 radical (unpaired) electrons. The van der Waals surface area contributed by atoms with Crippen LogP contribution in [-0.4, -0.2) is 76.6 Å². The van der Waals surface area contributed by atoms with Gasteiger partial charge in [0, 0.05) is 0 Å². The van der Waals surface area contributed by atoms with Crippen molar-refractivity contribution in [1.29, 1.82) is 0 Å². The first kappa shape index (κ1) is 28.7. The smallest absolute Gasteiger partial charge is 0.000172 e. The number of nitrogens with zero attached hydrogens (tertiary/aromatic N) is 3. The molecular formula is C21H51N3. The fourth-order valence-corrected chi connectivity index (χ4v) is 2.06. The average Bonchev–Trinajstić information content (AvgIpc) is 2.35. The normalized spacial score (nSPS) is 11.2. The van der Waals surface area contributed by atoms with E-state index in [2.05, 4.69) is 98.5 Å². The van der Waals surface area contributed by atoms with Gasteiger partial charge < -0.3 is 14.7 Å². The van der Waals surface area contributed by atoms with Crippen LogP contribution >= 0.6 is 0 Å². The zero-order valence-corrected chi connectivity index (χ0v) is 19.3. The van der Waals surface area contributed by atoms with E-state index in [4.69, 9.17) is 0 Å². The molecule has 0 N–H and O–H groups in total. The van der Waals surface area contributed by atoms with Crippen LogP contribution in [0, 0.1) is 17.8 Å². The predicted molar refractivity (Wildman–Crippen MR) is 114 cm³/mol. The zero-order chi connectivity index (χ0) is 19.7. The maximum Gasteiger partial charge on any atom is -0.000172 e. The Morgan fingerprint density at radius 1 is 0.500 bits per heavy atom. The molecular weight excluding hydrogens is 294 g/mol. The van der Waals surface area contributed by atoms with Gasteiger partial charge in [0.05, 0.1) is 0 Å². The molecule has 0 fully saturated rings. The summed E-state index contributed by atoms with van der Waals surface area (Å²) in [5, 5.41) is 0. The van der Waals surface area contributed by atoms with Gasteiger partial charge in [0.1, 0.15) is 0 Å². The van der Waals surface area contributed by atoms with E-state index in [9.17, 15) is 0 Å². The molecule has 3 nitrogen and oxygen atoms in total. The minimum Gasteiger partial charge on any atom is -0.309 e. The van der Waals surface area contributed by atoms with Crippen molar-refractivity contribution >= 4 is 0 Å². The van der Waals surface area contributed by atoms with Gasteiger partial charge in [0.2, 0.25) is 0 Å². The molecule has 0 unspecified atom stereocenters. The van der Waals surface area contributed by atoms with Gasteiger partial charge in [0.15, 0.2) is 0 Å². The van der Waals surface area contributed by atoms with E-state index in [1.807, 2.05) is 0 Å². The molecule has 0 aliphatic rings. The van der Waals surface area contributed by atoms with Gasteiger partial charge in [-0.05, 0) is 98.9 Å². The number of hydrogen-bond acceptors (Lipinski definition) is 3. The van der Waals surface area contributed by atoms with Gasteiger partial charge in [-0.25, -0.2) is 0 Å². The molecule has 24 heavy (non-hydrogen) atoms. The molecule has 0 aromatic carbocycles. The molecule has 0 bridgehead atoms. The first-order valence-corrected chi connectivity index (χ1v) is 9.82. The van der Waals surface area contributed by atoms with E-state index in [0.717, 1.165) is 17.8 Å². The minimum atomic E-state index is 0.801. The first-order chi connectivity index (χ1) is 10.9. The van der Waals surface area contributed by atoms with Gasteiger partial charge >= 0.3 is 0 Å². The van der Waals surface area contributed by atoms with Crippen LogP contribution in [0.2, 0.25) is 0 Å². The molecule has 0 saturated heterocycles. The van der Waals surface area contributed by atoms with Crippen molar-refractivity contribution in [3.63, 3.8) is 0 Å². The third kappa shape index (κ3) is 43.1. The van der Waals surface area contributed by atoms with Gasteiger partial charge in [0.25, 0.3) is 0 Å². The second kappa shape index (κ2) is 19.2. The van der Waals surface area contributed by atoms with Crippen molar-refractivity contribution in [3.8, 4) is 0 Å². The summed E-state index contributed by atoms with van der Waals surface area (Å²) in [7, 11) is 12.7. The largest absolute Gasteiger partial charge is 0.309 e. The van der Waals surface area contributed by atoms with Gasteiger partial charge in [-0.15, -0.1) is 0 Å². The fraction of sp³-hybridized carbons (Fsp3) is 1.00. The van der Waals surface area contributed by atoms with Crippen LogP contribution in [0.3, 0.4) is 0 Å². The maximum atomic E-state index is 2.27. The Labute approximate surface area is 155 Å². The van der Waals surface area contributed by atoms with E-state index >= 15 is 0 Å². The molecule has 0 aliphatic carbocycles. The molecule has 0 aromatic rings. The van der Waals surface area contributed by atoms with Crippen LogP contribution in [0.25, 0.3) is 0 Å². The summed E-state index contributed by atoms with van der Waals surface area (Å²) in [5.74, 6) is 2.51. The second-order valence-corrected chi connectivity index (χ2v) is 8.98. The number of hydrogen-bond donors (Lipinski definition) is 0. The van der Waals surface area contributed by atoms with Gasteiger partial charge in [-0.1, -0.05) is 41.5 Å². The molecule has 0 aliphatic heterocycles. The molecule has 0 heterocycles. The van der Waals surface area contributed by atoms with Crippen molar-refractivity contribution in [3.05, 3.63) is 0 Å². The molecule has 3 heteroatoms. The topological polar surface area (TPSA) is 9.72 Å². The highest BCUT2D eigenvalue weighted by molar-refractivity contribution is 4.48. The summed E-state index contributed by atoms with van der Waals surface area (Å²) >= 11 is 0. The average molecular weight is 346 g/mol. The first-order valence-electron chi connectivity index (χ1n) is 9.82. The van der Waals surface area contributed by atoms with Crippen LogP contribution < -0.4 is 0 Å². The van der Waals surface area contributed by atoms with Gasteiger partial charge in [-0.3, -0.25) is 0 Å².